The van der Waals surface area contributed by atoms with Gasteiger partial charge in [-0.2, -0.15) is 21.6 Å². The molecular weight excluding hydrogens is 303 g/mol. The third-order valence-electron chi connectivity index (χ3n) is 3.66. The van der Waals surface area contributed by atoms with Crippen LogP contribution in [0.15, 0.2) is 18.2 Å². The quantitative estimate of drug-likeness (QED) is 0.793. The Morgan fingerprint density at radius 3 is 2.24 bits per heavy atom. The molecule has 1 aromatic carbocycles. The number of hydrogen-bond donors (Lipinski definition) is 0. The predicted octanol–water partition coefficient (Wildman–Crippen LogP) is 3.58. The van der Waals surface area contributed by atoms with Crippen molar-refractivity contribution in [3.63, 3.8) is 0 Å². The summed E-state index contributed by atoms with van der Waals surface area (Å²) in [5, 5.41) is 0. The maximum Gasteiger partial charge on any atom is 0.516 e. The third kappa shape index (κ3) is 2.63. The molecular formula is C14H18F3NO2S. The lowest BCUT2D eigenvalue weighted by Gasteiger charge is -2.27. The van der Waals surface area contributed by atoms with Gasteiger partial charge in [-0.25, -0.2) is 0 Å². The second-order valence-electron chi connectivity index (χ2n) is 6.39. The van der Waals surface area contributed by atoms with Gasteiger partial charge < -0.3 is 0 Å². The van der Waals surface area contributed by atoms with Crippen molar-refractivity contribution in [2.24, 2.45) is 0 Å². The minimum atomic E-state index is -5.37. The van der Waals surface area contributed by atoms with Crippen molar-refractivity contribution >= 4 is 15.7 Å². The summed E-state index contributed by atoms with van der Waals surface area (Å²) < 4.78 is 62.7. The standard InChI is InChI=1S/C14H18F3NO2S/c1-9-7-10-5-6-11(13(2,3)4)8-12(10)18(9)21(19,20)14(15,16)17/h5-6,8-9H,7H2,1-4H3/t9-/m1/s1. The summed E-state index contributed by atoms with van der Waals surface area (Å²) in [6, 6.07) is 4.39. The molecule has 0 N–H and O–H groups in total. The van der Waals surface area contributed by atoms with Crippen LogP contribution in [0.3, 0.4) is 0 Å². The molecule has 1 aliphatic heterocycles. The summed E-state index contributed by atoms with van der Waals surface area (Å²) in [6.07, 6.45) is 0.287. The van der Waals surface area contributed by atoms with Crippen LogP contribution in [0.1, 0.15) is 38.8 Å². The van der Waals surface area contributed by atoms with E-state index >= 15 is 0 Å². The first-order valence-electron chi connectivity index (χ1n) is 6.60. The largest absolute Gasteiger partial charge is 0.516 e. The summed E-state index contributed by atoms with van der Waals surface area (Å²) in [4.78, 5) is 0. The Hall–Kier alpha value is -1.24. The smallest absolute Gasteiger partial charge is 0.259 e. The van der Waals surface area contributed by atoms with Gasteiger partial charge >= 0.3 is 15.5 Å². The molecule has 0 aliphatic carbocycles. The van der Waals surface area contributed by atoms with Gasteiger partial charge in [-0.3, -0.25) is 4.31 Å². The Bertz CT molecular complexity index is 660. The molecule has 7 heteroatoms. The second-order valence-corrected chi connectivity index (χ2v) is 8.20. The molecule has 0 aromatic heterocycles. The lowest BCUT2D eigenvalue weighted by atomic mass is 9.86. The zero-order chi connectivity index (χ0) is 16.2. The normalized spacial score (nSPS) is 19.8. The molecule has 0 saturated carbocycles. The molecule has 0 unspecified atom stereocenters. The molecule has 0 radical (unpaired) electrons. The maximum absolute atomic E-state index is 12.9. The molecule has 1 aliphatic rings. The minimum absolute atomic E-state index is 0.146. The van der Waals surface area contributed by atoms with E-state index in [1.165, 1.54) is 6.92 Å². The van der Waals surface area contributed by atoms with Crippen LogP contribution in [0.25, 0.3) is 0 Å². The van der Waals surface area contributed by atoms with Crippen LogP contribution >= 0.6 is 0 Å². The number of benzene rings is 1. The first-order chi connectivity index (χ1) is 9.35. The van der Waals surface area contributed by atoms with E-state index in [-0.39, 0.29) is 17.5 Å². The van der Waals surface area contributed by atoms with Crippen molar-refractivity contribution < 1.29 is 21.6 Å². The van der Waals surface area contributed by atoms with Crippen molar-refractivity contribution in [2.45, 2.75) is 51.1 Å². The van der Waals surface area contributed by atoms with Crippen LogP contribution < -0.4 is 4.31 Å². The number of anilines is 1. The van der Waals surface area contributed by atoms with Crippen LogP contribution in [0.2, 0.25) is 0 Å². The Morgan fingerprint density at radius 1 is 1.19 bits per heavy atom. The van der Waals surface area contributed by atoms with Crippen molar-refractivity contribution in [1.82, 2.24) is 0 Å². The van der Waals surface area contributed by atoms with Gasteiger partial charge in [0.25, 0.3) is 0 Å². The van der Waals surface area contributed by atoms with Crippen LogP contribution in [-0.2, 0) is 21.9 Å². The molecule has 1 heterocycles. The van der Waals surface area contributed by atoms with Crippen LogP contribution in [0.4, 0.5) is 18.9 Å². The van der Waals surface area contributed by atoms with Gasteiger partial charge in [0.2, 0.25) is 0 Å². The molecule has 0 saturated heterocycles. The Morgan fingerprint density at radius 2 is 1.76 bits per heavy atom. The van der Waals surface area contributed by atoms with E-state index in [0.29, 0.717) is 9.87 Å². The van der Waals surface area contributed by atoms with E-state index < -0.39 is 21.6 Å². The maximum atomic E-state index is 12.9. The van der Waals surface area contributed by atoms with Crippen LogP contribution in [-0.4, -0.2) is 20.0 Å². The Labute approximate surface area is 122 Å². The van der Waals surface area contributed by atoms with Crippen LogP contribution in [0, 0.1) is 0 Å². The van der Waals surface area contributed by atoms with Gasteiger partial charge in [-0.05, 0) is 36.0 Å². The van der Waals surface area contributed by atoms with E-state index in [0.717, 1.165) is 5.56 Å². The highest BCUT2D eigenvalue weighted by Crippen LogP contribution is 2.41. The number of rotatable bonds is 1. The molecule has 1 atom stereocenters. The molecule has 0 amide bonds. The number of hydrogen-bond acceptors (Lipinski definition) is 2. The monoisotopic (exact) mass is 321 g/mol. The van der Waals surface area contributed by atoms with Gasteiger partial charge in [0.15, 0.2) is 0 Å². The summed E-state index contributed by atoms with van der Waals surface area (Å²) in [6.45, 7) is 7.27. The Kier molecular flexibility index (Phi) is 3.56. The number of sulfonamides is 1. The molecule has 0 spiro atoms. The molecule has 0 bridgehead atoms. The molecule has 118 valence electrons. The zero-order valence-electron chi connectivity index (χ0n) is 12.3. The van der Waals surface area contributed by atoms with E-state index in [9.17, 15) is 21.6 Å². The number of fused-ring (bicyclic) bond motifs is 1. The van der Waals surface area contributed by atoms with E-state index in [2.05, 4.69) is 0 Å². The number of halogens is 3. The van der Waals surface area contributed by atoms with Crippen molar-refractivity contribution in [3.8, 4) is 0 Å². The lowest BCUT2D eigenvalue weighted by molar-refractivity contribution is -0.0439. The summed E-state index contributed by atoms with van der Waals surface area (Å²) in [5.74, 6) is 0. The predicted molar refractivity (Wildman–Crippen MR) is 75.8 cm³/mol. The molecule has 2 rings (SSSR count). The SMILES string of the molecule is C[C@@H]1Cc2ccc(C(C)(C)C)cc2N1S(=O)(=O)C(F)(F)F. The average molecular weight is 321 g/mol. The average Bonchev–Trinajstić information content (AvgIpc) is 2.61. The summed E-state index contributed by atoms with van der Waals surface area (Å²) >= 11 is 0. The first kappa shape index (κ1) is 16.1. The highest BCUT2D eigenvalue weighted by molar-refractivity contribution is 7.93. The van der Waals surface area contributed by atoms with Gasteiger partial charge in [-0.1, -0.05) is 32.9 Å². The molecule has 3 nitrogen and oxygen atoms in total. The fourth-order valence-corrected chi connectivity index (χ4v) is 3.72. The van der Waals surface area contributed by atoms with Crippen molar-refractivity contribution in [1.29, 1.82) is 0 Å². The summed E-state index contributed by atoms with van der Waals surface area (Å²) in [5.41, 5.74) is -3.98. The molecule has 0 fully saturated rings. The second kappa shape index (κ2) is 4.63. The van der Waals surface area contributed by atoms with Gasteiger partial charge in [0.1, 0.15) is 0 Å². The van der Waals surface area contributed by atoms with Gasteiger partial charge in [-0.15, -0.1) is 0 Å². The molecule has 1 aromatic rings. The number of alkyl halides is 3. The van der Waals surface area contributed by atoms with E-state index in [4.69, 9.17) is 0 Å². The van der Waals surface area contributed by atoms with E-state index in [1.54, 1.807) is 12.1 Å². The highest BCUT2D eigenvalue weighted by atomic mass is 32.2. The highest BCUT2D eigenvalue weighted by Gasteiger charge is 2.53. The Balaban J connectivity index is 2.60. The first-order valence-corrected chi connectivity index (χ1v) is 8.04. The molecule has 21 heavy (non-hydrogen) atoms. The minimum Gasteiger partial charge on any atom is -0.259 e. The summed E-state index contributed by atoms with van der Waals surface area (Å²) in [7, 11) is -5.37. The zero-order valence-corrected chi connectivity index (χ0v) is 13.1. The number of nitrogens with zero attached hydrogens (tertiary/aromatic N) is 1. The van der Waals surface area contributed by atoms with E-state index in [1.807, 2.05) is 26.8 Å². The van der Waals surface area contributed by atoms with Gasteiger partial charge in [0.05, 0.1) is 5.69 Å². The van der Waals surface area contributed by atoms with Crippen LogP contribution in [0.5, 0.6) is 0 Å². The topological polar surface area (TPSA) is 37.4 Å². The fourth-order valence-electron chi connectivity index (χ4n) is 2.52. The third-order valence-corrected chi connectivity index (χ3v) is 5.32. The lowest BCUT2D eigenvalue weighted by Crippen LogP contribution is -2.43. The van der Waals surface area contributed by atoms with Crippen molar-refractivity contribution in [3.05, 3.63) is 29.3 Å². The van der Waals surface area contributed by atoms with Crippen molar-refractivity contribution in [2.75, 3.05) is 4.31 Å². The fraction of sp³-hybridized carbons (Fsp3) is 0.571. The van der Waals surface area contributed by atoms with Gasteiger partial charge in [0, 0.05) is 6.04 Å².